The molecule has 3 aromatic rings. The van der Waals surface area contributed by atoms with Gasteiger partial charge in [0.15, 0.2) is 0 Å². The highest BCUT2D eigenvalue weighted by atomic mass is 79.9. The molecule has 0 atom stereocenters. The second-order valence-corrected chi connectivity index (χ2v) is 8.29. The van der Waals surface area contributed by atoms with Crippen molar-refractivity contribution >= 4 is 21.8 Å². The highest BCUT2D eigenvalue weighted by molar-refractivity contribution is 9.10. The van der Waals surface area contributed by atoms with Gasteiger partial charge in [0.2, 0.25) is 0 Å². The molecule has 0 bridgehead atoms. The topological polar surface area (TPSA) is 65.2 Å². The van der Waals surface area contributed by atoms with Crippen LogP contribution in [0.15, 0.2) is 59.2 Å². The van der Waals surface area contributed by atoms with E-state index in [4.69, 9.17) is 5.26 Å². The number of hydrogen-bond donors (Lipinski definition) is 0. The zero-order valence-corrected chi connectivity index (χ0v) is 18.9. The van der Waals surface area contributed by atoms with E-state index >= 15 is 0 Å². The Labute approximate surface area is 185 Å². The Morgan fingerprint density at radius 1 is 1.10 bits per heavy atom. The second kappa shape index (κ2) is 9.70. The van der Waals surface area contributed by atoms with Crippen molar-refractivity contribution in [3.63, 3.8) is 0 Å². The molecule has 0 aliphatic rings. The molecule has 3 rings (SSSR count). The number of aromatic nitrogens is 2. The molecule has 0 saturated heterocycles. The Morgan fingerprint density at radius 2 is 1.77 bits per heavy atom. The van der Waals surface area contributed by atoms with Crippen LogP contribution in [-0.2, 0) is 6.54 Å². The van der Waals surface area contributed by atoms with Crippen molar-refractivity contribution in [2.24, 2.45) is 0 Å². The fourth-order valence-electron chi connectivity index (χ4n) is 3.11. The van der Waals surface area contributed by atoms with Crippen molar-refractivity contribution < 1.29 is 4.79 Å². The molecule has 0 N–H and O–H groups in total. The van der Waals surface area contributed by atoms with E-state index in [0.29, 0.717) is 24.2 Å². The zero-order valence-electron chi connectivity index (χ0n) is 17.3. The average molecular weight is 466 g/mol. The predicted molar refractivity (Wildman–Crippen MR) is 120 cm³/mol. The fourth-order valence-corrected chi connectivity index (χ4v) is 3.38. The first-order valence-electron chi connectivity index (χ1n) is 9.62. The number of nitrogens with zero attached hydrogens (tertiary/aromatic N) is 5. The summed E-state index contributed by atoms with van der Waals surface area (Å²) in [5.41, 5.74) is 3.89. The van der Waals surface area contributed by atoms with Crippen molar-refractivity contribution in [1.82, 2.24) is 19.6 Å². The van der Waals surface area contributed by atoms with Crippen LogP contribution < -0.4 is 0 Å². The van der Waals surface area contributed by atoms with Crippen molar-refractivity contribution in [1.29, 1.82) is 5.26 Å². The number of likely N-dealkylation sites (N-methyl/N-ethyl adjacent to an activating group) is 1. The SMILES string of the molecule is Cc1c(C(=O)N(CCN(C)C)Cc2ccc(C#N)cc2)cnn1-c1ccc(Br)cc1. The molecule has 0 aliphatic carbocycles. The standard InChI is InChI=1S/C23H24BrN5O/c1-17-22(15-26-29(17)21-10-8-20(24)9-11-21)23(30)28(13-12-27(2)3)16-19-6-4-18(14-25)5-7-19/h4-11,15H,12-13,16H2,1-3H3. The molecule has 0 unspecified atom stereocenters. The monoisotopic (exact) mass is 465 g/mol. The van der Waals surface area contributed by atoms with Crippen molar-refractivity contribution in [2.75, 3.05) is 27.2 Å². The van der Waals surface area contributed by atoms with E-state index in [0.717, 1.165) is 28.0 Å². The minimum Gasteiger partial charge on any atom is -0.333 e. The summed E-state index contributed by atoms with van der Waals surface area (Å²) in [5, 5.41) is 13.5. The van der Waals surface area contributed by atoms with Gasteiger partial charge in [-0.3, -0.25) is 4.79 Å². The summed E-state index contributed by atoms with van der Waals surface area (Å²) in [6, 6.07) is 17.3. The van der Waals surface area contributed by atoms with Gasteiger partial charge in [0.25, 0.3) is 5.91 Å². The maximum atomic E-state index is 13.4. The Balaban J connectivity index is 1.86. The van der Waals surface area contributed by atoms with Gasteiger partial charge < -0.3 is 9.80 Å². The largest absolute Gasteiger partial charge is 0.333 e. The average Bonchev–Trinajstić information content (AvgIpc) is 3.12. The number of benzene rings is 2. The summed E-state index contributed by atoms with van der Waals surface area (Å²) in [6.07, 6.45) is 1.64. The summed E-state index contributed by atoms with van der Waals surface area (Å²) < 4.78 is 2.77. The van der Waals surface area contributed by atoms with E-state index in [1.54, 1.807) is 23.0 Å². The summed E-state index contributed by atoms with van der Waals surface area (Å²) in [5.74, 6) is -0.0536. The van der Waals surface area contributed by atoms with Crippen LogP contribution in [0, 0.1) is 18.3 Å². The first-order valence-corrected chi connectivity index (χ1v) is 10.4. The lowest BCUT2D eigenvalue weighted by Crippen LogP contribution is -2.36. The summed E-state index contributed by atoms with van der Waals surface area (Å²) >= 11 is 3.44. The molecule has 6 nitrogen and oxygen atoms in total. The Hall–Kier alpha value is -2.95. The van der Waals surface area contributed by atoms with E-state index in [2.05, 4.69) is 32.0 Å². The van der Waals surface area contributed by atoms with E-state index in [1.807, 2.05) is 62.3 Å². The zero-order chi connectivity index (χ0) is 21.7. The van der Waals surface area contributed by atoms with E-state index in [-0.39, 0.29) is 5.91 Å². The minimum absolute atomic E-state index is 0.0536. The molecule has 2 aromatic carbocycles. The molecule has 30 heavy (non-hydrogen) atoms. The van der Waals surface area contributed by atoms with Crippen LogP contribution in [0.5, 0.6) is 0 Å². The summed E-state index contributed by atoms with van der Waals surface area (Å²) in [7, 11) is 3.97. The van der Waals surface area contributed by atoms with Crippen LogP contribution in [-0.4, -0.2) is 52.7 Å². The quantitative estimate of drug-likeness (QED) is 0.528. The lowest BCUT2D eigenvalue weighted by atomic mass is 10.1. The first-order chi connectivity index (χ1) is 14.4. The van der Waals surface area contributed by atoms with Crippen LogP contribution in [0.4, 0.5) is 0 Å². The molecular weight excluding hydrogens is 442 g/mol. The van der Waals surface area contributed by atoms with Gasteiger partial charge in [-0.2, -0.15) is 10.4 Å². The highest BCUT2D eigenvalue weighted by Gasteiger charge is 2.21. The molecule has 154 valence electrons. The second-order valence-electron chi connectivity index (χ2n) is 7.37. The number of nitriles is 1. The molecule has 1 aromatic heterocycles. The van der Waals surface area contributed by atoms with Crippen molar-refractivity contribution in [3.8, 4) is 11.8 Å². The minimum atomic E-state index is -0.0536. The molecule has 1 amide bonds. The number of carbonyl (C=O) groups excluding carboxylic acids is 1. The molecule has 0 radical (unpaired) electrons. The van der Waals surface area contributed by atoms with Gasteiger partial charge in [0, 0.05) is 24.1 Å². The lowest BCUT2D eigenvalue weighted by Gasteiger charge is -2.24. The maximum Gasteiger partial charge on any atom is 0.257 e. The van der Waals surface area contributed by atoms with Gasteiger partial charge in [-0.15, -0.1) is 0 Å². The molecule has 7 heteroatoms. The Bertz CT molecular complexity index is 1050. The van der Waals surface area contributed by atoms with E-state index in [1.165, 1.54) is 0 Å². The summed E-state index contributed by atoms with van der Waals surface area (Å²) in [4.78, 5) is 17.3. The highest BCUT2D eigenvalue weighted by Crippen LogP contribution is 2.19. The van der Waals surface area contributed by atoms with Crippen molar-refractivity contribution in [3.05, 3.63) is 81.6 Å². The Kier molecular flexibility index (Phi) is 7.03. The van der Waals surface area contributed by atoms with Gasteiger partial charge in [0.05, 0.1) is 34.8 Å². The predicted octanol–water partition coefficient (Wildman–Crippen LogP) is 4.02. The number of amides is 1. The van der Waals surface area contributed by atoms with Gasteiger partial charge in [-0.05, 0) is 63.0 Å². The third-order valence-electron chi connectivity index (χ3n) is 4.87. The molecular formula is C23H24BrN5O. The maximum absolute atomic E-state index is 13.4. The first kappa shape index (κ1) is 21.8. The molecule has 1 heterocycles. The van der Waals surface area contributed by atoms with Crippen molar-refractivity contribution in [2.45, 2.75) is 13.5 Å². The van der Waals surface area contributed by atoms with Gasteiger partial charge >= 0.3 is 0 Å². The smallest absolute Gasteiger partial charge is 0.257 e. The third-order valence-corrected chi connectivity index (χ3v) is 5.40. The number of halogens is 1. The molecule has 0 spiro atoms. The summed E-state index contributed by atoms with van der Waals surface area (Å²) in [6.45, 7) is 3.73. The molecule has 0 fully saturated rings. The van der Waals surface area contributed by atoms with Crippen LogP contribution in [0.3, 0.4) is 0 Å². The van der Waals surface area contributed by atoms with Crippen LogP contribution >= 0.6 is 15.9 Å². The van der Waals surface area contributed by atoms with E-state index in [9.17, 15) is 4.79 Å². The van der Waals surface area contributed by atoms with Crippen LogP contribution in [0.25, 0.3) is 5.69 Å². The lowest BCUT2D eigenvalue weighted by molar-refractivity contribution is 0.0731. The normalized spacial score (nSPS) is 10.8. The fraction of sp³-hybridized carbons (Fsp3) is 0.261. The molecule has 0 aliphatic heterocycles. The van der Waals surface area contributed by atoms with Crippen LogP contribution in [0.2, 0.25) is 0 Å². The van der Waals surface area contributed by atoms with Gasteiger partial charge in [0.1, 0.15) is 0 Å². The van der Waals surface area contributed by atoms with Gasteiger partial charge in [-0.1, -0.05) is 28.1 Å². The number of hydrogen-bond acceptors (Lipinski definition) is 4. The number of rotatable bonds is 7. The van der Waals surface area contributed by atoms with Gasteiger partial charge in [-0.25, -0.2) is 4.68 Å². The van der Waals surface area contributed by atoms with E-state index < -0.39 is 0 Å². The van der Waals surface area contributed by atoms with Crippen LogP contribution in [0.1, 0.15) is 27.2 Å². The number of carbonyl (C=O) groups is 1. The molecule has 0 saturated carbocycles. The third kappa shape index (κ3) is 5.15. The Morgan fingerprint density at radius 3 is 2.37 bits per heavy atom.